The van der Waals surface area contributed by atoms with Gasteiger partial charge in [0.15, 0.2) is 5.58 Å². The Bertz CT molecular complexity index is 1000. The first-order valence-electron chi connectivity index (χ1n) is 7.33. The summed E-state index contributed by atoms with van der Waals surface area (Å²) in [4.78, 5) is 4.66. The zero-order valence-electron chi connectivity index (χ0n) is 12.4. The minimum absolute atomic E-state index is 0.514. The third-order valence-corrected chi connectivity index (χ3v) is 3.86. The zero-order valence-corrected chi connectivity index (χ0v) is 12.4. The van der Waals surface area contributed by atoms with E-state index in [-0.39, 0.29) is 0 Å². The van der Waals surface area contributed by atoms with Crippen molar-refractivity contribution in [2.75, 3.05) is 11.5 Å². The Kier molecular flexibility index (Phi) is 3.01. The van der Waals surface area contributed by atoms with Gasteiger partial charge in [0.2, 0.25) is 5.89 Å². The second-order valence-electron chi connectivity index (χ2n) is 5.35. The molecule has 1 heterocycles. The molecule has 4 aromatic rings. The summed E-state index contributed by atoms with van der Waals surface area (Å²) in [6, 6.07) is 21.1. The summed E-state index contributed by atoms with van der Waals surface area (Å²) in [7, 11) is 0. The molecule has 0 atom stereocenters. The Hall–Kier alpha value is -3.27. The van der Waals surface area contributed by atoms with E-state index in [2.05, 4.69) is 4.98 Å². The number of nitrogen functional groups attached to an aromatic ring is 2. The summed E-state index contributed by atoms with van der Waals surface area (Å²) in [5.41, 5.74) is 17.7. The van der Waals surface area contributed by atoms with Gasteiger partial charge in [-0.05, 0) is 24.3 Å². The number of rotatable bonds is 2. The molecule has 1 aromatic heterocycles. The average molecular weight is 301 g/mol. The van der Waals surface area contributed by atoms with Crippen LogP contribution in [0.4, 0.5) is 11.4 Å². The van der Waals surface area contributed by atoms with Gasteiger partial charge in [-0.1, -0.05) is 42.5 Å². The Balaban J connectivity index is 1.96. The first-order chi connectivity index (χ1) is 11.2. The molecule has 0 aliphatic heterocycles. The summed E-state index contributed by atoms with van der Waals surface area (Å²) >= 11 is 0. The minimum atomic E-state index is 0.514. The van der Waals surface area contributed by atoms with Crippen LogP contribution in [0.25, 0.3) is 33.7 Å². The van der Waals surface area contributed by atoms with Gasteiger partial charge in [-0.3, -0.25) is 0 Å². The number of nitrogens with two attached hydrogens (primary N) is 2. The SMILES string of the molecule is Nc1ccccc1-c1nc2c(-c3ccccc3N)cccc2o1. The van der Waals surface area contributed by atoms with Crippen LogP contribution in [0, 0.1) is 0 Å². The molecular formula is C19H15N3O. The number of hydrogen-bond donors (Lipinski definition) is 2. The van der Waals surface area contributed by atoms with Crippen molar-refractivity contribution in [1.29, 1.82) is 0 Å². The van der Waals surface area contributed by atoms with Gasteiger partial charge < -0.3 is 15.9 Å². The molecule has 0 saturated carbocycles. The van der Waals surface area contributed by atoms with Crippen molar-refractivity contribution in [2.24, 2.45) is 0 Å². The fourth-order valence-electron chi connectivity index (χ4n) is 2.72. The number of aromatic nitrogens is 1. The molecule has 0 amide bonds. The Morgan fingerprint density at radius 3 is 1.96 bits per heavy atom. The summed E-state index contributed by atoms with van der Waals surface area (Å²) in [6.07, 6.45) is 0. The molecule has 0 aliphatic rings. The van der Waals surface area contributed by atoms with Crippen LogP contribution in [0.3, 0.4) is 0 Å². The molecule has 0 radical (unpaired) electrons. The van der Waals surface area contributed by atoms with E-state index in [9.17, 15) is 0 Å². The molecule has 0 bridgehead atoms. The summed E-state index contributed by atoms with van der Waals surface area (Å²) < 4.78 is 5.91. The number of hydrogen-bond acceptors (Lipinski definition) is 4. The molecule has 4 rings (SSSR count). The molecular weight excluding hydrogens is 286 g/mol. The highest BCUT2D eigenvalue weighted by Crippen LogP contribution is 2.35. The third kappa shape index (κ3) is 2.21. The average Bonchev–Trinajstić information content (AvgIpc) is 3.00. The lowest BCUT2D eigenvalue weighted by Gasteiger charge is -2.05. The molecule has 3 aromatic carbocycles. The van der Waals surface area contributed by atoms with Crippen LogP contribution in [0.1, 0.15) is 0 Å². The number of benzene rings is 3. The molecule has 4 N–H and O–H groups in total. The summed E-state index contributed by atoms with van der Waals surface area (Å²) in [6.45, 7) is 0. The van der Waals surface area contributed by atoms with Crippen molar-refractivity contribution in [2.45, 2.75) is 0 Å². The van der Waals surface area contributed by atoms with Crippen molar-refractivity contribution in [1.82, 2.24) is 4.98 Å². The van der Waals surface area contributed by atoms with Gasteiger partial charge in [0.25, 0.3) is 0 Å². The molecule has 0 unspecified atom stereocenters. The van der Waals surface area contributed by atoms with E-state index in [4.69, 9.17) is 15.9 Å². The quantitative estimate of drug-likeness (QED) is 0.540. The lowest BCUT2D eigenvalue weighted by atomic mass is 10.0. The predicted molar refractivity (Wildman–Crippen MR) is 93.7 cm³/mol. The van der Waals surface area contributed by atoms with Gasteiger partial charge in [0.05, 0.1) is 5.56 Å². The lowest BCUT2D eigenvalue weighted by molar-refractivity contribution is 0.620. The normalized spacial score (nSPS) is 11.0. The van der Waals surface area contributed by atoms with Crippen molar-refractivity contribution < 1.29 is 4.42 Å². The summed E-state index contributed by atoms with van der Waals surface area (Å²) in [5.74, 6) is 0.514. The number of para-hydroxylation sites is 3. The van der Waals surface area contributed by atoms with Crippen LogP contribution in [-0.2, 0) is 0 Å². The Morgan fingerprint density at radius 1 is 0.652 bits per heavy atom. The van der Waals surface area contributed by atoms with Crippen LogP contribution in [0.15, 0.2) is 71.1 Å². The number of oxazole rings is 1. The largest absolute Gasteiger partial charge is 0.436 e. The van der Waals surface area contributed by atoms with Crippen molar-refractivity contribution in [3.63, 3.8) is 0 Å². The first-order valence-corrected chi connectivity index (χ1v) is 7.33. The predicted octanol–water partition coefficient (Wildman–Crippen LogP) is 4.33. The number of fused-ring (bicyclic) bond motifs is 1. The van der Waals surface area contributed by atoms with Gasteiger partial charge in [-0.15, -0.1) is 0 Å². The van der Waals surface area contributed by atoms with Gasteiger partial charge in [-0.25, -0.2) is 4.98 Å². The van der Waals surface area contributed by atoms with Crippen LogP contribution in [0.5, 0.6) is 0 Å². The smallest absolute Gasteiger partial charge is 0.229 e. The second-order valence-corrected chi connectivity index (χ2v) is 5.35. The topological polar surface area (TPSA) is 78.1 Å². The van der Waals surface area contributed by atoms with E-state index in [0.29, 0.717) is 22.8 Å². The summed E-state index contributed by atoms with van der Waals surface area (Å²) in [5, 5.41) is 0. The molecule has 4 nitrogen and oxygen atoms in total. The number of nitrogens with zero attached hydrogens (tertiary/aromatic N) is 1. The monoisotopic (exact) mass is 301 g/mol. The van der Waals surface area contributed by atoms with E-state index in [0.717, 1.165) is 22.2 Å². The maximum absolute atomic E-state index is 6.11. The fourth-order valence-corrected chi connectivity index (χ4v) is 2.72. The van der Waals surface area contributed by atoms with E-state index >= 15 is 0 Å². The van der Waals surface area contributed by atoms with E-state index < -0.39 is 0 Å². The van der Waals surface area contributed by atoms with E-state index in [1.807, 2.05) is 66.7 Å². The van der Waals surface area contributed by atoms with Crippen LogP contribution >= 0.6 is 0 Å². The molecule has 4 heteroatoms. The molecule has 112 valence electrons. The van der Waals surface area contributed by atoms with Crippen molar-refractivity contribution in [3.05, 3.63) is 66.7 Å². The van der Waals surface area contributed by atoms with Gasteiger partial charge in [0.1, 0.15) is 5.52 Å². The Morgan fingerprint density at radius 2 is 1.26 bits per heavy atom. The molecule has 0 fully saturated rings. The third-order valence-electron chi connectivity index (χ3n) is 3.86. The standard InChI is InChI=1S/C19H15N3O/c20-15-9-3-1-6-12(15)13-8-5-11-17-18(13)22-19(23-17)14-7-2-4-10-16(14)21/h1-11H,20-21H2. The Labute approximate surface area is 133 Å². The molecule has 0 aliphatic carbocycles. The van der Waals surface area contributed by atoms with E-state index in [1.54, 1.807) is 0 Å². The zero-order chi connectivity index (χ0) is 15.8. The van der Waals surface area contributed by atoms with Crippen molar-refractivity contribution >= 4 is 22.5 Å². The highest BCUT2D eigenvalue weighted by molar-refractivity contribution is 5.95. The first kappa shape index (κ1) is 13.4. The molecule has 23 heavy (non-hydrogen) atoms. The van der Waals surface area contributed by atoms with Crippen LogP contribution < -0.4 is 11.5 Å². The fraction of sp³-hybridized carbons (Fsp3) is 0. The maximum atomic E-state index is 6.11. The highest BCUT2D eigenvalue weighted by atomic mass is 16.3. The minimum Gasteiger partial charge on any atom is -0.436 e. The highest BCUT2D eigenvalue weighted by Gasteiger charge is 2.15. The second kappa shape index (κ2) is 5.18. The van der Waals surface area contributed by atoms with Gasteiger partial charge >= 0.3 is 0 Å². The number of anilines is 2. The molecule has 0 spiro atoms. The van der Waals surface area contributed by atoms with E-state index in [1.165, 1.54) is 0 Å². The lowest BCUT2D eigenvalue weighted by Crippen LogP contribution is -1.90. The van der Waals surface area contributed by atoms with Gasteiger partial charge in [-0.2, -0.15) is 0 Å². The molecule has 0 saturated heterocycles. The maximum Gasteiger partial charge on any atom is 0.229 e. The van der Waals surface area contributed by atoms with Crippen LogP contribution in [0.2, 0.25) is 0 Å². The van der Waals surface area contributed by atoms with Gasteiger partial charge in [0, 0.05) is 22.5 Å². The van der Waals surface area contributed by atoms with Crippen LogP contribution in [-0.4, -0.2) is 4.98 Å². The van der Waals surface area contributed by atoms with Crippen molar-refractivity contribution in [3.8, 4) is 22.6 Å².